The fraction of sp³-hybridized carbons (Fsp3) is 0.571. The van der Waals surface area contributed by atoms with Gasteiger partial charge >= 0.3 is 0 Å². The minimum absolute atomic E-state index is 0.173. The van der Waals surface area contributed by atoms with E-state index in [1.165, 1.54) is 0 Å². The lowest BCUT2D eigenvalue weighted by atomic mass is 10.0. The van der Waals surface area contributed by atoms with Crippen molar-refractivity contribution in [3.05, 3.63) is 29.6 Å². The second kappa shape index (κ2) is 5.82. The smallest absolute Gasteiger partial charge is 0.194 e. The number of hydrogen-bond donors (Lipinski definition) is 1. The molecule has 0 bridgehead atoms. The van der Waals surface area contributed by atoms with Gasteiger partial charge in [0.25, 0.3) is 0 Å². The monoisotopic (exact) mass is 272 g/mol. The maximum absolute atomic E-state index is 13.3. The molecule has 1 saturated heterocycles. The van der Waals surface area contributed by atoms with Crippen molar-refractivity contribution in [2.24, 2.45) is 0 Å². The van der Waals surface area contributed by atoms with E-state index in [0.29, 0.717) is 18.3 Å². The summed E-state index contributed by atoms with van der Waals surface area (Å²) in [4.78, 5) is 1.97. The van der Waals surface area contributed by atoms with E-state index in [1.54, 1.807) is 0 Å². The van der Waals surface area contributed by atoms with Crippen LogP contribution in [0.4, 0.5) is 18.9 Å². The summed E-state index contributed by atoms with van der Waals surface area (Å²) in [5.74, 6) is -3.66. The van der Waals surface area contributed by atoms with Crippen LogP contribution in [0.15, 0.2) is 12.1 Å². The molecule has 2 unspecified atom stereocenters. The molecule has 0 aromatic heterocycles. The third-order valence-corrected chi connectivity index (χ3v) is 3.76. The van der Waals surface area contributed by atoms with Crippen molar-refractivity contribution in [2.75, 3.05) is 18.0 Å². The average molecular weight is 272 g/mol. The van der Waals surface area contributed by atoms with Crippen LogP contribution in [0.2, 0.25) is 0 Å². The highest BCUT2D eigenvalue weighted by Gasteiger charge is 2.27. The Bertz CT molecular complexity index is 427. The Labute approximate surface area is 111 Å². The maximum Gasteiger partial charge on any atom is 0.194 e. The highest BCUT2D eigenvalue weighted by molar-refractivity contribution is 5.49. The Morgan fingerprint density at radius 3 is 2.32 bits per heavy atom. The molecule has 106 valence electrons. The normalized spacial score (nSPS) is 23.7. The lowest BCUT2D eigenvalue weighted by Crippen LogP contribution is -2.56. The molecule has 0 aliphatic carbocycles. The van der Waals surface area contributed by atoms with Crippen molar-refractivity contribution in [3.63, 3.8) is 0 Å². The fourth-order valence-corrected chi connectivity index (χ4v) is 2.53. The minimum Gasteiger partial charge on any atom is -0.366 e. The largest absolute Gasteiger partial charge is 0.366 e. The number of piperazine rings is 1. The first-order valence-electron chi connectivity index (χ1n) is 6.71. The number of rotatable bonds is 3. The third kappa shape index (κ3) is 2.86. The van der Waals surface area contributed by atoms with Gasteiger partial charge in [-0.25, -0.2) is 13.2 Å². The molecule has 2 nitrogen and oxygen atoms in total. The minimum atomic E-state index is -1.40. The molecule has 0 radical (unpaired) electrons. The summed E-state index contributed by atoms with van der Waals surface area (Å²) in [7, 11) is 0. The van der Waals surface area contributed by atoms with E-state index in [9.17, 15) is 13.2 Å². The van der Waals surface area contributed by atoms with E-state index in [-0.39, 0.29) is 6.04 Å². The zero-order valence-corrected chi connectivity index (χ0v) is 11.2. The van der Waals surface area contributed by atoms with E-state index >= 15 is 0 Å². The van der Waals surface area contributed by atoms with Gasteiger partial charge in [-0.15, -0.1) is 0 Å². The van der Waals surface area contributed by atoms with Crippen LogP contribution in [0.3, 0.4) is 0 Å². The van der Waals surface area contributed by atoms with Gasteiger partial charge in [-0.2, -0.15) is 0 Å². The Morgan fingerprint density at radius 1 is 1.16 bits per heavy atom. The van der Waals surface area contributed by atoms with Crippen LogP contribution < -0.4 is 10.2 Å². The zero-order chi connectivity index (χ0) is 14.0. The average Bonchev–Trinajstić information content (AvgIpc) is 2.43. The van der Waals surface area contributed by atoms with Crippen LogP contribution in [0.5, 0.6) is 0 Å². The molecule has 1 aromatic carbocycles. The summed E-state index contributed by atoms with van der Waals surface area (Å²) >= 11 is 0. The van der Waals surface area contributed by atoms with Gasteiger partial charge in [-0.3, -0.25) is 0 Å². The van der Waals surface area contributed by atoms with Gasteiger partial charge in [0, 0.05) is 43.0 Å². The van der Waals surface area contributed by atoms with Crippen LogP contribution in [-0.4, -0.2) is 25.2 Å². The van der Waals surface area contributed by atoms with Gasteiger partial charge in [0.1, 0.15) is 0 Å². The van der Waals surface area contributed by atoms with Crippen molar-refractivity contribution in [1.29, 1.82) is 0 Å². The molecular weight excluding hydrogens is 253 g/mol. The lowest BCUT2D eigenvalue weighted by molar-refractivity contribution is 0.376. The topological polar surface area (TPSA) is 15.3 Å². The number of anilines is 1. The zero-order valence-electron chi connectivity index (χ0n) is 11.2. The van der Waals surface area contributed by atoms with Crippen molar-refractivity contribution in [1.82, 2.24) is 5.32 Å². The molecular formula is C14H19F3N2. The van der Waals surface area contributed by atoms with Gasteiger partial charge in [-0.05, 0) is 12.8 Å². The molecule has 2 rings (SSSR count). The van der Waals surface area contributed by atoms with E-state index in [1.807, 2.05) is 11.8 Å². The van der Waals surface area contributed by atoms with Crippen LogP contribution in [0, 0.1) is 17.5 Å². The van der Waals surface area contributed by atoms with Crippen LogP contribution >= 0.6 is 0 Å². The number of halogens is 3. The summed E-state index contributed by atoms with van der Waals surface area (Å²) in [5, 5.41) is 3.41. The molecule has 19 heavy (non-hydrogen) atoms. The number of hydrogen-bond acceptors (Lipinski definition) is 2. The van der Waals surface area contributed by atoms with Gasteiger partial charge in [0.2, 0.25) is 0 Å². The molecule has 0 saturated carbocycles. The number of benzene rings is 1. The first-order chi connectivity index (χ1) is 9.06. The fourth-order valence-electron chi connectivity index (χ4n) is 2.53. The van der Waals surface area contributed by atoms with Gasteiger partial charge in [0.15, 0.2) is 17.5 Å². The number of nitrogens with zero attached hydrogens (tertiary/aromatic N) is 1. The molecule has 2 atom stereocenters. The first kappa shape index (κ1) is 14.2. The molecule has 0 spiro atoms. The SMILES string of the molecule is CCC1CN(c2cc(F)c(F)c(F)c2)C(CC)CN1. The van der Waals surface area contributed by atoms with Crippen molar-refractivity contribution in [2.45, 2.75) is 38.8 Å². The van der Waals surface area contributed by atoms with Crippen LogP contribution in [-0.2, 0) is 0 Å². The molecule has 1 aromatic rings. The predicted octanol–water partition coefficient (Wildman–Crippen LogP) is 3.07. The molecule has 5 heteroatoms. The first-order valence-corrected chi connectivity index (χ1v) is 6.71. The molecule has 1 aliphatic rings. The van der Waals surface area contributed by atoms with Gasteiger partial charge < -0.3 is 10.2 Å². The van der Waals surface area contributed by atoms with Gasteiger partial charge in [0.05, 0.1) is 0 Å². The molecule has 1 N–H and O–H groups in total. The molecule has 0 amide bonds. The summed E-state index contributed by atoms with van der Waals surface area (Å²) in [5.41, 5.74) is 0.420. The Hall–Kier alpha value is -1.23. The standard InChI is InChI=1S/C14H19F3N2/c1-3-9-8-19(10(4-2)7-18-9)11-5-12(15)14(17)13(16)6-11/h5-6,9-10,18H,3-4,7-8H2,1-2H3. The predicted molar refractivity (Wildman–Crippen MR) is 69.8 cm³/mol. The van der Waals surface area contributed by atoms with Gasteiger partial charge in [-0.1, -0.05) is 13.8 Å². The van der Waals surface area contributed by atoms with E-state index < -0.39 is 17.5 Å². The Kier molecular flexibility index (Phi) is 4.34. The van der Waals surface area contributed by atoms with Crippen LogP contribution in [0.25, 0.3) is 0 Å². The summed E-state index contributed by atoms with van der Waals surface area (Å²) < 4.78 is 39.7. The molecule has 1 aliphatic heterocycles. The summed E-state index contributed by atoms with van der Waals surface area (Å²) in [6, 6.07) is 2.63. The maximum atomic E-state index is 13.3. The Balaban J connectivity index is 2.31. The van der Waals surface area contributed by atoms with E-state index in [0.717, 1.165) is 31.5 Å². The van der Waals surface area contributed by atoms with Crippen molar-refractivity contribution < 1.29 is 13.2 Å². The summed E-state index contributed by atoms with van der Waals surface area (Å²) in [6.45, 7) is 5.55. The van der Waals surface area contributed by atoms with E-state index in [4.69, 9.17) is 0 Å². The lowest BCUT2D eigenvalue weighted by Gasteiger charge is -2.41. The summed E-state index contributed by atoms with van der Waals surface area (Å²) in [6.07, 6.45) is 1.81. The van der Waals surface area contributed by atoms with Crippen molar-refractivity contribution in [3.8, 4) is 0 Å². The quantitative estimate of drug-likeness (QED) is 0.851. The highest BCUT2D eigenvalue weighted by Crippen LogP contribution is 2.25. The molecule has 1 heterocycles. The van der Waals surface area contributed by atoms with Crippen LogP contribution in [0.1, 0.15) is 26.7 Å². The Morgan fingerprint density at radius 2 is 1.79 bits per heavy atom. The molecule has 1 fully saturated rings. The highest BCUT2D eigenvalue weighted by atomic mass is 19.2. The second-order valence-electron chi connectivity index (χ2n) is 4.95. The second-order valence-corrected chi connectivity index (χ2v) is 4.95. The third-order valence-electron chi connectivity index (χ3n) is 3.76. The number of nitrogens with one attached hydrogen (secondary N) is 1. The van der Waals surface area contributed by atoms with E-state index in [2.05, 4.69) is 12.2 Å². The van der Waals surface area contributed by atoms with Crippen molar-refractivity contribution >= 4 is 5.69 Å².